The first-order valence-electron chi connectivity index (χ1n) is 5.39. The van der Waals surface area contributed by atoms with Crippen molar-refractivity contribution in [3.63, 3.8) is 0 Å². The average Bonchev–Trinajstić information content (AvgIpc) is 2.20. The number of alkyl halides is 1. The molecule has 0 N–H and O–H groups in total. The van der Waals surface area contributed by atoms with Gasteiger partial charge in [0.1, 0.15) is 0 Å². The summed E-state index contributed by atoms with van der Waals surface area (Å²) in [6.45, 7) is 6.67. The molecule has 0 saturated carbocycles. The zero-order chi connectivity index (χ0) is 11.4. The van der Waals surface area contributed by atoms with Crippen LogP contribution in [0.5, 0.6) is 0 Å². The standard InChI is InChI=1S/C13H18BrCl/c1-9(2)10(3)13(15)8-11-4-6-12(14)7-5-11/h4-7,9-10,13H,8H2,1-3H3. The van der Waals surface area contributed by atoms with E-state index in [0.717, 1.165) is 10.9 Å². The van der Waals surface area contributed by atoms with E-state index in [1.165, 1.54) is 5.56 Å². The Morgan fingerprint density at radius 2 is 1.67 bits per heavy atom. The van der Waals surface area contributed by atoms with E-state index in [4.69, 9.17) is 11.6 Å². The van der Waals surface area contributed by atoms with E-state index in [2.05, 4.69) is 61.0 Å². The van der Waals surface area contributed by atoms with Crippen molar-refractivity contribution in [3.05, 3.63) is 34.3 Å². The SMILES string of the molecule is CC(C)C(C)C(Cl)Cc1ccc(Br)cc1. The minimum Gasteiger partial charge on any atom is -0.122 e. The zero-order valence-electron chi connectivity index (χ0n) is 9.50. The quantitative estimate of drug-likeness (QED) is 0.692. The Balaban J connectivity index is 2.58. The van der Waals surface area contributed by atoms with Crippen molar-refractivity contribution < 1.29 is 0 Å². The minimum atomic E-state index is 0.228. The van der Waals surface area contributed by atoms with Crippen molar-refractivity contribution in [2.75, 3.05) is 0 Å². The second kappa shape index (κ2) is 5.91. The lowest BCUT2D eigenvalue weighted by Crippen LogP contribution is -2.19. The minimum absolute atomic E-state index is 0.228. The lowest BCUT2D eigenvalue weighted by molar-refractivity contribution is 0.399. The van der Waals surface area contributed by atoms with Crippen LogP contribution in [-0.2, 0) is 6.42 Å². The van der Waals surface area contributed by atoms with Crippen LogP contribution in [-0.4, -0.2) is 5.38 Å². The summed E-state index contributed by atoms with van der Waals surface area (Å²) in [7, 11) is 0. The van der Waals surface area contributed by atoms with Gasteiger partial charge in [-0.3, -0.25) is 0 Å². The van der Waals surface area contributed by atoms with Gasteiger partial charge in [-0.2, -0.15) is 0 Å². The third-order valence-corrected chi connectivity index (χ3v) is 4.05. The van der Waals surface area contributed by atoms with Crippen LogP contribution in [0.15, 0.2) is 28.7 Å². The molecule has 0 spiro atoms. The van der Waals surface area contributed by atoms with Gasteiger partial charge >= 0.3 is 0 Å². The predicted molar refractivity (Wildman–Crippen MR) is 71.5 cm³/mol. The van der Waals surface area contributed by atoms with Gasteiger partial charge in [-0.25, -0.2) is 0 Å². The molecule has 0 heterocycles. The third-order valence-electron chi connectivity index (χ3n) is 2.97. The second-order valence-corrected chi connectivity index (χ2v) is 5.93. The molecule has 2 unspecified atom stereocenters. The van der Waals surface area contributed by atoms with Crippen molar-refractivity contribution in [2.24, 2.45) is 11.8 Å². The summed E-state index contributed by atoms with van der Waals surface area (Å²) in [5.74, 6) is 1.19. The number of halogens is 2. The van der Waals surface area contributed by atoms with Crippen LogP contribution >= 0.6 is 27.5 Å². The lowest BCUT2D eigenvalue weighted by Gasteiger charge is -2.21. The van der Waals surface area contributed by atoms with Crippen LogP contribution in [0.3, 0.4) is 0 Å². The van der Waals surface area contributed by atoms with Crippen molar-refractivity contribution in [3.8, 4) is 0 Å². The average molecular weight is 290 g/mol. The number of hydrogen-bond acceptors (Lipinski definition) is 0. The molecule has 84 valence electrons. The third kappa shape index (κ3) is 4.16. The highest BCUT2D eigenvalue weighted by atomic mass is 79.9. The van der Waals surface area contributed by atoms with Gasteiger partial charge in [0.05, 0.1) is 0 Å². The monoisotopic (exact) mass is 288 g/mol. The Morgan fingerprint density at radius 1 is 1.13 bits per heavy atom. The molecule has 1 rings (SSSR count). The second-order valence-electron chi connectivity index (χ2n) is 4.45. The van der Waals surface area contributed by atoms with Crippen LogP contribution in [0.25, 0.3) is 0 Å². The molecule has 0 bridgehead atoms. The summed E-state index contributed by atoms with van der Waals surface area (Å²) in [6, 6.07) is 8.40. The number of hydrogen-bond donors (Lipinski definition) is 0. The highest BCUT2D eigenvalue weighted by Gasteiger charge is 2.17. The van der Waals surface area contributed by atoms with Crippen LogP contribution in [0.1, 0.15) is 26.3 Å². The van der Waals surface area contributed by atoms with E-state index in [0.29, 0.717) is 11.8 Å². The molecule has 1 aromatic rings. The van der Waals surface area contributed by atoms with Crippen molar-refractivity contribution in [1.29, 1.82) is 0 Å². The molecule has 0 aliphatic heterocycles. The molecule has 2 atom stereocenters. The molecule has 0 saturated heterocycles. The molecule has 0 radical (unpaired) electrons. The van der Waals surface area contributed by atoms with E-state index in [1.807, 2.05) is 0 Å². The predicted octanol–water partition coefficient (Wildman–Crippen LogP) is 4.89. The molecule has 0 aliphatic carbocycles. The normalized spacial score (nSPS) is 15.3. The molecule has 2 heteroatoms. The Morgan fingerprint density at radius 3 is 2.13 bits per heavy atom. The Hall–Kier alpha value is -0.0100. The van der Waals surface area contributed by atoms with Crippen LogP contribution in [0, 0.1) is 11.8 Å². The van der Waals surface area contributed by atoms with E-state index in [1.54, 1.807) is 0 Å². The topological polar surface area (TPSA) is 0 Å². The van der Waals surface area contributed by atoms with Crippen LogP contribution in [0.2, 0.25) is 0 Å². The smallest absolute Gasteiger partial charge is 0.0404 e. The Labute approximate surface area is 106 Å². The molecular formula is C13H18BrCl. The number of benzene rings is 1. The van der Waals surface area contributed by atoms with Crippen molar-refractivity contribution in [2.45, 2.75) is 32.6 Å². The largest absolute Gasteiger partial charge is 0.122 e. The lowest BCUT2D eigenvalue weighted by atomic mass is 9.91. The van der Waals surface area contributed by atoms with E-state index in [9.17, 15) is 0 Å². The molecule has 0 amide bonds. The molecule has 0 aromatic heterocycles. The summed E-state index contributed by atoms with van der Waals surface area (Å²) in [5, 5.41) is 0.228. The highest BCUT2D eigenvalue weighted by molar-refractivity contribution is 9.10. The Bertz CT molecular complexity index is 292. The van der Waals surface area contributed by atoms with Crippen LogP contribution < -0.4 is 0 Å². The van der Waals surface area contributed by atoms with Crippen molar-refractivity contribution in [1.82, 2.24) is 0 Å². The van der Waals surface area contributed by atoms with Gasteiger partial charge in [0.2, 0.25) is 0 Å². The summed E-state index contributed by atoms with van der Waals surface area (Å²) in [4.78, 5) is 0. The van der Waals surface area contributed by atoms with Gasteiger partial charge in [-0.05, 0) is 36.0 Å². The van der Waals surface area contributed by atoms with Gasteiger partial charge in [0.25, 0.3) is 0 Å². The summed E-state index contributed by atoms with van der Waals surface area (Å²) < 4.78 is 1.12. The number of rotatable bonds is 4. The molecule has 0 fully saturated rings. The van der Waals surface area contributed by atoms with Crippen molar-refractivity contribution >= 4 is 27.5 Å². The van der Waals surface area contributed by atoms with E-state index >= 15 is 0 Å². The first kappa shape index (κ1) is 13.1. The van der Waals surface area contributed by atoms with Gasteiger partial charge < -0.3 is 0 Å². The highest BCUT2D eigenvalue weighted by Crippen LogP contribution is 2.23. The maximum absolute atomic E-state index is 6.39. The summed E-state index contributed by atoms with van der Waals surface area (Å²) >= 11 is 9.82. The maximum atomic E-state index is 6.39. The summed E-state index contributed by atoms with van der Waals surface area (Å²) in [6.07, 6.45) is 0.953. The van der Waals surface area contributed by atoms with Gasteiger partial charge in [-0.15, -0.1) is 11.6 Å². The van der Waals surface area contributed by atoms with Crippen LogP contribution in [0.4, 0.5) is 0 Å². The van der Waals surface area contributed by atoms with E-state index < -0.39 is 0 Å². The van der Waals surface area contributed by atoms with E-state index in [-0.39, 0.29) is 5.38 Å². The molecular weight excluding hydrogens is 272 g/mol. The fraction of sp³-hybridized carbons (Fsp3) is 0.538. The Kier molecular flexibility index (Phi) is 5.14. The van der Waals surface area contributed by atoms with Gasteiger partial charge in [-0.1, -0.05) is 48.8 Å². The zero-order valence-corrected chi connectivity index (χ0v) is 11.8. The fourth-order valence-electron chi connectivity index (χ4n) is 1.45. The van der Waals surface area contributed by atoms with Gasteiger partial charge in [0, 0.05) is 9.85 Å². The molecule has 1 aromatic carbocycles. The van der Waals surface area contributed by atoms with Gasteiger partial charge in [0.15, 0.2) is 0 Å². The summed E-state index contributed by atoms with van der Waals surface area (Å²) in [5.41, 5.74) is 1.31. The first-order valence-corrected chi connectivity index (χ1v) is 6.62. The molecule has 0 nitrogen and oxygen atoms in total. The fourth-order valence-corrected chi connectivity index (χ4v) is 2.18. The molecule has 15 heavy (non-hydrogen) atoms. The molecule has 0 aliphatic rings. The first-order chi connectivity index (χ1) is 7.00. The maximum Gasteiger partial charge on any atom is 0.0404 e.